The first kappa shape index (κ1) is 14.3. The van der Waals surface area contributed by atoms with E-state index in [0.717, 1.165) is 19.3 Å². The van der Waals surface area contributed by atoms with E-state index in [4.69, 9.17) is 17.3 Å². The summed E-state index contributed by atoms with van der Waals surface area (Å²) in [6.45, 7) is 2.08. The summed E-state index contributed by atoms with van der Waals surface area (Å²) in [5.74, 6) is 0.112. The maximum atomic E-state index is 12.1. The van der Waals surface area contributed by atoms with E-state index in [-0.39, 0.29) is 21.4 Å². The zero-order valence-corrected chi connectivity index (χ0v) is 11.5. The Morgan fingerprint density at radius 3 is 2.53 bits per heavy atom. The van der Waals surface area contributed by atoms with Crippen LogP contribution in [0, 0.1) is 0 Å². The van der Waals surface area contributed by atoms with E-state index < -0.39 is 9.84 Å². The number of hydrogen-bond acceptors (Lipinski definition) is 3. The average molecular weight is 276 g/mol. The van der Waals surface area contributed by atoms with Crippen LogP contribution in [0.5, 0.6) is 0 Å². The molecule has 0 unspecified atom stereocenters. The third kappa shape index (κ3) is 3.89. The van der Waals surface area contributed by atoms with Crippen molar-refractivity contribution in [2.45, 2.75) is 37.5 Å². The standard InChI is InChI=1S/C12H18ClNO2S/c1-2-3-4-5-9-17(15,16)12-10(13)7-6-8-11(12)14/h6-8H,2-5,9,14H2,1H3. The Morgan fingerprint density at radius 1 is 1.24 bits per heavy atom. The Kier molecular flexibility index (Phi) is 5.28. The van der Waals surface area contributed by atoms with Crippen LogP contribution >= 0.6 is 11.6 Å². The summed E-state index contributed by atoms with van der Waals surface area (Å²) >= 11 is 5.89. The van der Waals surface area contributed by atoms with E-state index >= 15 is 0 Å². The summed E-state index contributed by atoms with van der Waals surface area (Å²) in [6.07, 6.45) is 3.70. The molecule has 1 rings (SSSR count). The quantitative estimate of drug-likeness (QED) is 0.640. The number of halogens is 1. The molecule has 0 aliphatic carbocycles. The lowest BCUT2D eigenvalue weighted by atomic mass is 10.2. The molecule has 1 aromatic carbocycles. The Balaban J connectivity index is 2.83. The second kappa shape index (κ2) is 6.26. The lowest BCUT2D eigenvalue weighted by molar-refractivity contribution is 0.589. The smallest absolute Gasteiger partial charge is 0.181 e. The molecule has 0 spiro atoms. The van der Waals surface area contributed by atoms with E-state index in [1.807, 2.05) is 0 Å². The van der Waals surface area contributed by atoms with Crippen LogP contribution in [0.1, 0.15) is 32.6 Å². The summed E-state index contributed by atoms with van der Waals surface area (Å²) in [5, 5.41) is 0.209. The molecule has 0 aliphatic rings. The van der Waals surface area contributed by atoms with Gasteiger partial charge in [0.15, 0.2) is 9.84 Å². The number of nitrogen functional groups attached to an aromatic ring is 1. The van der Waals surface area contributed by atoms with Crippen LogP contribution < -0.4 is 5.73 Å². The number of hydrogen-bond donors (Lipinski definition) is 1. The van der Waals surface area contributed by atoms with Crippen molar-refractivity contribution in [1.29, 1.82) is 0 Å². The van der Waals surface area contributed by atoms with Crippen molar-refractivity contribution in [3.05, 3.63) is 23.2 Å². The van der Waals surface area contributed by atoms with Crippen molar-refractivity contribution < 1.29 is 8.42 Å². The third-order valence-electron chi connectivity index (χ3n) is 2.58. The summed E-state index contributed by atoms with van der Waals surface area (Å²) in [5.41, 5.74) is 5.90. The first-order valence-electron chi connectivity index (χ1n) is 5.75. The first-order chi connectivity index (χ1) is 7.99. The highest BCUT2D eigenvalue weighted by Crippen LogP contribution is 2.28. The van der Waals surface area contributed by atoms with Crippen LogP contribution in [0.3, 0.4) is 0 Å². The van der Waals surface area contributed by atoms with Gasteiger partial charge in [0.2, 0.25) is 0 Å². The van der Waals surface area contributed by atoms with Crippen LogP contribution in [0.4, 0.5) is 5.69 Å². The van der Waals surface area contributed by atoms with Gasteiger partial charge in [0.25, 0.3) is 0 Å². The van der Waals surface area contributed by atoms with Gasteiger partial charge in [-0.05, 0) is 18.6 Å². The molecule has 0 fully saturated rings. The second-order valence-corrected chi connectivity index (χ2v) is 6.49. The van der Waals surface area contributed by atoms with Gasteiger partial charge in [-0.3, -0.25) is 0 Å². The maximum Gasteiger partial charge on any atom is 0.181 e. The minimum absolute atomic E-state index is 0.0816. The van der Waals surface area contributed by atoms with Gasteiger partial charge < -0.3 is 5.73 Å². The lowest BCUT2D eigenvalue weighted by Crippen LogP contribution is -2.10. The van der Waals surface area contributed by atoms with Gasteiger partial charge in [0, 0.05) is 0 Å². The van der Waals surface area contributed by atoms with Crippen molar-refractivity contribution in [3.63, 3.8) is 0 Å². The summed E-state index contributed by atoms with van der Waals surface area (Å²) in [4.78, 5) is 0.0816. The minimum Gasteiger partial charge on any atom is -0.398 e. The molecular weight excluding hydrogens is 258 g/mol. The second-order valence-electron chi connectivity index (χ2n) is 4.04. The number of nitrogens with two attached hydrogens (primary N) is 1. The van der Waals surface area contributed by atoms with Gasteiger partial charge in [-0.2, -0.15) is 0 Å². The molecule has 0 aliphatic heterocycles. The van der Waals surface area contributed by atoms with Crippen molar-refractivity contribution in [1.82, 2.24) is 0 Å². The van der Waals surface area contributed by atoms with E-state index in [1.54, 1.807) is 18.2 Å². The fraction of sp³-hybridized carbons (Fsp3) is 0.500. The fourth-order valence-electron chi connectivity index (χ4n) is 1.67. The summed E-state index contributed by atoms with van der Waals surface area (Å²) < 4.78 is 24.1. The molecule has 0 saturated carbocycles. The highest BCUT2D eigenvalue weighted by molar-refractivity contribution is 7.91. The summed E-state index contributed by atoms with van der Waals surface area (Å²) in [6, 6.07) is 4.76. The van der Waals surface area contributed by atoms with Gasteiger partial charge in [-0.15, -0.1) is 0 Å². The molecule has 0 bridgehead atoms. The van der Waals surface area contributed by atoms with Crippen molar-refractivity contribution in [2.24, 2.45) is 0 Å². The zero-order valence-electron chi connectivity index (χ0n) is 9.95. The van der Waals surface area contributed by atoms with Crippen molar-refractivity contribution >= 4 is 27.1 Å². The molecule has 0 heterocycles. The van der Waals surface area contributed by atoms with Gasteiger partial charge in [0.05, 0.1) is 16.5 Å². The Bertz CT molecular complexity index is 451. The molecule has 2 N–H and O–H groups in total. The molecule has 17 heavy (non-hydrogen) atoms. The Morgan fingerprint density at radius 2 is 1.94 bits per heavy atom. The Labute approximate surface area is 108 Å². The monoisotopic (exact) mass is 275 g/mol. The van der Waals surface area contributed by atoms with Gasteiger partial charge in [0.1, 0.15) is 4.90 Å². The Hall–Kier alpha value is -0.740. The van der Waals surface area contributed by atoms with E-state index in [0.29, 0.717) is 6.42 Å². The van der Waals surface area contributed by atoms with Crippen LogP contribution in [0.2, 0.25) is 5.02 Å². The molecule has 0 aromatic heterocycles. The molecule has 3 nitrogen and oxygen atoms in total. The molecule has 0 atom stereocenters. The first-order valence-corrected chi connectivity index (χ1v) is 7.79. The minimum atomic E-state index is -3.36. The molecule has 96 valence electrons. The van der Waals surface area contributed by atoms with Gasteiger partial charge in [-0.25, -0.2) is 8.42 Å². The average Bonchev–Trinajstić information content (AvgIpc) is 2.24. The van der Waals surface area contributed by atoms with E-state index in [9.17, 15) is 8.42 Å². The molecule has 5 heteroatoms. The summed E-state index contributed by atoms with van der Waals surface area (Å²) in [7, 11) is -3.36. The number of rotatable bonds is 6. The van der Waals surface area contributed by atoms with E-state index in [1.165, 1.54) is 0 Å². The SMILES string of the molecule is CCCCCCS(=O)(=O)c1c(N)cccc1Cl. The predicted molar refractivity (Wildman–Crippen MR) is 72.1 cm³/mol. The molecular formula is C12H18ClNO2S. The maximum absolute atomic E-state index is 12.1. The highest BCUT2D eigenvalue weighted by Gasteiger charge is 2.20. The molecule has 0 radical (unpaired) electrons. The number of anilines is 1. The molecule has 0 amide bonds. The number of benzene rings is 1. The predicted octanol–water partition coefficient (Wildman–Crippen LogP) is 3.28. The lowest BCUT2D eigenvalue weighted by Gasteiger charge is -2.09. The topological polar surface area (TPSA) is 60.2 Å². The fourth-order valence-corrected chi connectivity index (χ4v) is 3.79. The number of sulfone groups is 1. The molecule has 1 aromatic rings. The highest BCUT2D eigenvalue weighted by atomic mass is 35.5. The van der Waals surface area contributed by atoms with Crippen molar-refractivity contribution in [3.8, 4) is 0 Å². The molecule has 0 saturated heterocycles. The van der Waals surface area contributed by atoms with Crippen LogP contribution in [-0.4, -0.2) is 14.2 Å². The number of unbranched alkanes of at least 4 members (excludes halogenated alkanes) is 3. The largest absolute Gasteiger partial charge is 0.398 e. The third-order valence-corrected chi connectivity index (χ3v) is 4.91. The van der Waals surface area contributed by atoms with Crippen LogP contribution in [0.25, 0.3) is 0 Å². The zero-order chi connectivity index (χ0) is 12.9. The van der Waals surface area contributed by atoms with Crippen LogP contribution in [0.15, 0.2) is 23.1 Å². The normalized spacial score (nSPS) is 11.6. The van der Waals surface area contributed by atoms with Crippen LogP contribution in [-0.2, 0) is 9.84 Å². The van der Waals surface area contributed by atoms with Crippen molar-refractivity contribution in [2.75, 3.05) is 11.5 Å². The van der Waals surface area contributed by atoms with E-state index in [2.05, 4.69) is 6.92 Å². The van der Waals surface area contributed by atoms with Gasteiger partial charge in [-0.1, -0.05) is 43.9 Å². The van der Waals surface area contributed by atoms with Gasteiger partial charge >= 0.3 is 0 Å².